The van der Waals surface area contributed by atoms with Gasteiger partial charge in [0.25, 0.3) is 0 Å². The van der Waals surface area contributed by atoms with Crippen LogP contribution in [0, 0.1) is 0 Å². The van der Waals surface area contributed by atoms with Gasteiger partial charge in [-0.3, -0.25) is 10.1 Å². The number of furan rings is 1. The standard InChI is InChI=1S/C28H21N3O4S/c1-33-22-11-14-25-23(17-22)30-27(35-25)19-8-5-9-20(16-19)29-28(36)31-26(32)15-12-21-10-13-24(34-21)18-6-3-2-4-7-18/h2-17H,1H3,(H2,29,31,32,36)/b15-12+. The van der Waals surface area contributed by atoms with Crippen LogP contribution in [0.5, 0.6) is 5.75 Å². The van der Waals surface area contributed by atoms with Crippen LogP contribution in [0.4, 0.5) is 5.69 Å². The maximum atomic E-state index is 12.3. The molecule has 0 aliphatic rings. The van der Waals surface area contributed by atoms with Crippen molar-refractivity contribution >= 4 is 46.1 Å². The van der Waals surface area contributed by atoms with Gasteiger partial charge in [-0.1, -0.05) is 36.4 Å². The van der Waals surface area contributed by atoms with Gasteiger partial charge in [-0.15, -0.1) is 0 Å². The molecule has 2 N–H and O–H groups in total. The molecule has 0 saturated carbocycles. The second kappa shape index (κ2) is 10.3. The summed E-state index contributed by atoms with van der Waals surface area (Å²) in [6.45, 7) is 0. The minimum absolute atomic E-state index is 0.161. The highest BCUT2D eigenvalue weighted by Crippen LogP contribution is 2.28. The van der Waals surface area contributed by atoms with Crippen molar-refractivity contribution in [3.8, 4) is 28.5 Å². The van der Waals surface area contributed by atoms with E-state index in [1.165, 1.54) is 6.08 Å². The van der Waals surface area contributed by atoms with E-state index < -0.39 is 0 Å². The Labute approximate surface area is 212 Å². The third-order valence-corrected chi connectivity index (χ3v) is 5.49. The highest BCUT2D eigenvalue weighted by atomic mass is 32.1. The molecule has 0 aliphatic carbocycles. The number of benzene rings is 3. The first-order chi connectivity index (χ1) is 17.6. The molecule has 0 radical (unpaired) electrons. The summed E-state index contributed by atoms with van der Waals surface area (Å²) in [5.41, 5.74) is 3.76. The number of oxazole rings is 1. The molecule has 0 spiro atoms. The largest absolute Gasteiger partial charge is 0.497 e. The van der Waals surface area contributed by atoms with Crippen molar-refractivity contribution in [2.24, 2.45) is 0 Å². The Morgan fingerprint density at radius 3 is 2.61 bits per heavy atom. The van der Waals surface area contributed by atoms with Crippen molar-refractivity contribution in [2.75, 3.05) is 12.4 Å². The zero-order chi connectivity index (χ0) is 24.9. The second-order valence-corrected chi connectivity index (χ2v) is 8.19. The predicted molar refractivity (Wildman–Crippen MR) is 144 cm³/mol. The third-order valence-electron chi connectivity index (χ3n) is 5.28. The first-order valence-electron chi connectivity index (χ1n) is 11.1. The van der Waals surface area contributed by atoms with Gasteiger partial charge in [0.2, 0.25) is 11.8 Å². The Kier molecular flexibility index (Phi) is 6.59. The number of ether oxygens (including phenoxy) is 1. The molecule has 5 aromatic rings. The Morgan fingerprint density at radius 1 is 0.944 bits per heavy atom. The molecule has 0 unspecified atom stereocenters. The molecule has 0 saturated heterocycles. The maximum absolute atomic E-state index is 12.3. The third kappa shape index (κ3) is 5.34. The molecular formula is C28H21N3O4S. The average Bonchev–Trinajstić information content (AvgIpc) is 3.55. The smallest absolute Gasteiger partial charge is 0.250 e. The van der Waals surface area contributed by atoms with Crippen LogP contribution in [-0.2, 0) is 4.79 Å². The molecule has 3 aromatic carbocycles. The maximum Gasteiger partial charge on any atom is 0.250 e. The first-order valence-corrected chi connectivity index (χ1v) is 11.5. The Hall–Kier alpha value is -4.69. The summed E-state index contributed by atoms with van der Waals surface area (Å²) in [7, 11) is 1.60. The SMILES string of the molecule is COc1ccc2oc(-c3cccc(NC(=S)NC(=O)/C=C/c4ccc(-c5ccccc5)o4)c3)nc2c1. The van der Waals surface area contributed by atoms with Gasteiger partial charge in [0.05, 0.1) is 7.11 Å². The molecule has 0 fully saturated rings. The predicted octanol–water partition coefficient (Wildman–Crippen LogP) is 6.29. The fourth-order valence-electron chi connectivity index (χ4n) is 3.56. The summed E-state index contributed by atoms with van der Waals surface area (Å²) in [5.74, 6) is 2.08. The average molecular weight is 496 g/mol. The number of rotatable bonds is 6. The number of fused-ring (bicyclic) bond motifs is 1. The van der Waals surface area contributed by atoms with E-state index in [1.54, 1.807) is 19.3 Å². The van der Waals surface area contributed by atoms with Crippen LogP contribution in [-0.4, -0.2) is 23.1 Å². The minimum atomic E-state index is -0.380. The van der Waals surface area contributed by atoms with Crippen LogP contribution >= 0.6 is 12.2 Å². The summed E-state index contributed by atoms with van der Waals surface area (Å²) in [6.07, 6.45) is 2.96. The van der Waals surface area contributed by atoms with E-state index in [9.17, 15) is 4.79 Å². The lowest BCUT2D eigenvalue weighted by Gasteiger charge is -2.08. The molecular weight excluding hydrogens is 474 g/mol. The molecule has 2 heterocycles. The summed E-state index contributed by atoms with van der Waals surface area (Å²) >= 11 is 5.30. The van der Waals surface area contributed by atoms with Crippen molar-refractivity contribution in [1.29, 1.82) is 0 Å². The Morgan fingerprint density at radius 2 is 1.78 bits per heavy atom. The van der Waals surface area contributed by atoms with Crippen LogP contribution in [0.25, 0.3) is 40.0 Å². The lowest BCUT2D eigenvalue weighted by molar-refractivity contribution is -0.115. The molecule has 178 valence electrons. The van der Waals surface area contributed by atoms with Crippen molar-refractivity contribution in [3.63, 3.8) is 0 Å². The normalized spacial score (nSPS) is 11.0. The van der Waals surface area contributed by atoms with Gasteiger partial charge < -0.3 is 18.9 Å². The Bertz CT molecular complexity index is 1570. The lowest BCUT2D eigenvalue weighted by atomic mass is 10.2. The summed E-state index contributed by atoms with van der Waals surface area (Å²) < 4.78 is 16.9. The highest BCUT2D eigenvalue weighted by Gasteiger charge is 2.11. The number of hydrogen-bond donors (Lipinski definition) is 2. The van der Waals surface area contributed by atoms with E-state index in [0.29, 0.717) is 34.2 Å². The minimum Gasteiger partial charge on any atom is -0.497 e. The number of carbonyl (C=O) groups excluding carboxylic acids is 1. The quantitative estimate of drug-likeness (QED) is 0.211. The van der Waals surface area contributed by atoms with Crippen molar-refractivity contribution in [3.05, 3.63) is 96.8 Å². The summed E-state index contributed by atoms with van der Waals surface area (Å²) in [5, 5.41) is 5.80. The van der Waals surface area contributed by atoms with E-state index in [1.807, 2.05) is 78.9 Å². The molecule has 1 amide bonds. The van der Waals surface area contributed by atoms with Crippen LogP contribution in [0.15, 0.2) is 99.8 Å². The highest BCUT2D eigenvalue weighted by molar-refractivity contribution is 7.80. The van der Waals surface area contributed by atoms with E-state index >= 15 is 0 Å². The number of nitrogens with zero attached hydrogens (tertiary/aromatic N) is 1. The van der Waals surface area contributed by atoms with Crippen LogP contribution in [0.2, 0.25) is 0 Å². The molecule has 0 aliphatic heterocycles. The van der Waals surface area contributed by atoms with Gasteiger partial charge in [-0.25, -0.2) is 4.98 Å². The number of anilines is 1. The van der Waals surface area contributed by atoms with Crippen LogP contribution < -0.4 is 15.4 Å². The number of nitrogens with one attached hydrogen (secondary N) is 2. The van der Waals surface area contributed by atoms with Crippen LogP contribution in [0.3, 0.4) is 0 Å². The van der Waals surface area contributed by atoms with Gasteiger partial charge in [0, 0.05) is 29.0 Å². The van der Waals surface area contributed by atoms with E-state index in [-0.39, 0.29) is 11.0 Å². The van der Waals surface area contributed by atoms with E-state index in [4.69, 9.17) is 25.8 Å². The number of amides is 1. The summed E-state index contributed by atoms with van der Waals surface area (Å²) in [6, 6.07) is 26.2. The van der Waals surface area contributed by atoms with Crippen molar-refractivity contribution < 1.29 is 18.4 Å². The van der Waals surface area contributed by atoms with Crippen LogP contribution in [0.1, 0.15) is 5.76 Å². The summed E-state index contributed by atoms with van der Waals surface area (Å²) in [4.78, 5) is 16.9. The fraction of sp³-hybridized carbons (Fsp3) is 0.0357. The number of carbonyl (C=O) groups is 1. The lowest BCUT2D eigenvalue weighted by Crippen LogP contribution is -2.32. The number of hydrogen-bond acceptors (Lipinski definition) is 6. The van der Waals surface area contributed by atoms with Crippen molar-refractivity contribution in [2.45, 2.75) is 0 Å². The topological polar surface area (TPSA) is 89.5 Å². The van der Waals surface area contributed by atoms with Gasteiger partial charge in [0.15, 0.2) is 10.7 Å². The van der Waals surface area contributed by atoms with E-state index in [2.05, 4.69) is 15.6 Å². The van der Waals surface area contributed by atoms with Gasteiger partial charge in [-0.2, -0.15) is 0 Å². The number of methoxy groups -OCH3 is 1. The molecule has 36 heavy (non-hydrogen) atoms. The number of aromatic nitrogens is 1. The molecule has 8 heteroatoms. The molecule has 7 nitrogen and oxygen atoms in total. The fourth-order valence-corrected chi connectivity index (χ4v) is 3.78. The Balaban J connectivity index is 1.21. The first kappa shape index (κ1) is 23.1. The monoisotopic (exact) mass is 495 g/mol. The van der Waals surface area contributed by atoms with E-state index in [0.717, 1.165) is 16.9 Å². The number of thiocarbonyl (C=S) groups is 1. The van der Waals surface area contributed by atoms with Gasteiger partial charge in [0.1, 0.15) is 22.8 Å². The van der Waals surface area contributed by atoms with Gasteiger partial charge >= 0.3 is 0 Å². The molecule has 0 atom stereocenters. The second-order valence-electron chi connectivity index (χ2n) is 7.78. The molecule has 0 bridgehead atoms. The zero-order valence-electron chi connectivity index (χ0n) is 19.2. The zero-order valence-corrected chi connectivity index (χ0v) is 20.0. The molecule has 2 aromatic heterocycles. The van der Waals surface area contributed by atoms with Crippen molar-refractivity contribution in [1.82, 2.24) is 10.3 Å². The van der Waals surface area contributed by atoms with Gasteiger partial charge in [-0.05, 0) is 60.8 Å². The molecule has 5 rings (SSSR count).